The van der Waals surface area contributed by atoms with Gasteiger partial charge in [0.25, 0.3) is 0 Å². The Hall–Kier alpha value is -2.33. The molecule has 0 saturated heterocycles. The Morgan fingerprint density at radius 2 is 1.84 bits per heavy atom. The minimum atomic E-state index is -0.500. The van der Waals surface area contributed by atoms with Gasteiger partial charge in [-0.25, -0.2) is 4.79 Å². The lowest BCUT2D eigenvalue weighted by Crippen LogP contribution is -2.36. The second kappa shape index (κ2) is 6.89. The van der Waals surface area contributed by atoms with Gasteiger partial charge in [0.15, 0.2) is 0 Å². The predicted octanol–water partition coefficient (Wildman–Crippen LogP) is 4.49. The van der Waals surface area contributed by atoms with Crippen LogP contribution in [0.15, 0.2) is 48.5 Å². The fourth-order valence-electron chi connectivity index (χ4n) is 3.13. The number of rotatable bonds is 1. The van der Waals surface area contributed by atoms with Crippen molar-refractivity contribution in [1.29, 1.82) is 0 Å². The first-order valence-electron chi connectivity index (χ1n) is 8.75. The average Bonchev–Trinajstić information content (AvgIpc) is 2.73. The smallest absolute Gasteiger partial charge is 0.410 e. The van der Waals surface area contributed by atoms with Crippen LogP contribution in [0, 0.1) is 0 Å². The third-order valence-electron chi connectivity index (χ3n) is 4.37. The van der Waals surface area contributed by atoms with Gasteiger partial charge in [0.05, 0.1) is 0 Å². The standard InChI is InChI=1S/C21H26N2O2/c1-21(2,3)25-20(24)23-12-11-19(22)18-10-9-16(13-17(18)14-23)15-7-5-4-6-8-15/h4-10,13,19H,11-12,14,22H2,1-3H3/t19-/m1/s1. The molecule has 1 amide bonds. The quantitative estimate of drug-likeness (QED) is 0.833. The molecule has 0 spiro atoms. The molecule has 0 aromatic heterocycles. The van der Waals surface area contributed by atoms with Crippen molar-refractivity contribution < 1.29 is 9.53 Å². The van der Waals surface area contributed by atoms with E-state index in [0.29, 0.717) is 13.1 Å². The lowest BCUT2D eigenvalue weighted by Gasteiger charge is -2.26. The molecule has 0 aliphatic carbocycles. The molecule has 2 aromatic rings. The molecule has 0 unspecified atom stereocenters. The van der Waals surface area contributed by atoms with Crippen LogP contribution in [0.3, 0.4) is 0 Å². The number of hydrogen-bond donors (Lipinski definition) is 1. The summed E-state index contributed by atoms with van der Waals surface area (Å²) < 4.78 is 5.54. The van der Waals surface area contributed by atoms with Crippen molar-refractivity contribution in [3.63, 3.8) is 0 Å². The molecule has 0 radical (unpaired) electrons. The summed E-state index contributed by atoms with van der Waals surface area (Å²) in [6.45, 7) is 6.78. The zero-order valence-electron chi connectivity index (χ0n) is 15.2. The molecule has 1 heterocycles. The number of amides is 1. The molecule has 4 nitrogen and oxygen atoms in total. The summed E-state index contributed by atoms with van der Waals surface area (Å²) in [6.07, 6.45) is 0.453. The number of hydrogen-bond acceptors (Lipinski definition) is 3. The van der Waals surface area contributed by atoms with Gasteiger partial charge in [0.2, 0.25) is 0 Å². The van der Waals surface area contributed by atoms with E-state index in [-0.39, 0.29) is 12.1 Å². The molecule has 25 heavy (non-hydrogen) atoms. The molecule has 132 valence electrons. The lowest BCUT2D eigenvalue weighted by molar-refractivity contribution is 0.0235. The second-order valence-electron chi connectivity index (χ2n) is 7.58. The fraction of sp³-hybridized carbons (Fsp3) is 0.381. The molecule has 0 saturated carbocycles. The Morgan fingerprint density at radius 1 is 1.12 bits per heavy atom. The average molecular weight is 338 g/mol. The SMILES string of the molecule is CC(C)(C)OC(=O)N1CC[C@@H](N)c2ccc(-c3ccccc3)cc2C1. The topological polar surface area (TPSA) is 55.6 Å². The highest BCUT2D eigenvalue weighted by molar-refractivity contribution is 5.69. The first kappa shape index (κ1) is 17.5. The number of nitrogens with two attached hydrogens (primary N) is 1. The van der Waals surface area contributed by atoms with Gasteiger partial charge in [0, 0.05) is 19.1 Å². The molecule has 1 aliphatic heterocycles. The van der Waals surface area contributed by atoms with E-state index in [0.717, 1.165) is 28.7 Å². The number of fused-ring (bicyclic) bond motifs is 1. The molecular formula is C21H26N2O2. The summed E-state index contributed by atoms with van der Waals surface area (Å²) in [7, 11) is 0. The first-order valence-corrected chi connectivity index (χ1v) is 8.75. The predicted molar refractivity (Wildman–Crippen MR) is 100 cm³/mol. The van der Waals surface area contributed by atoms with E-state index in [2.05, 4.69) is 30.3 Å². The minimum Gasteiger partial charge on any atom is -0.444 e. The summed E-state index contributed by atoms with van der Waals surface area (Å²) in [5.41, 5.74) is 10.4. The first-order chi connectivity index (χ1) is 11.8. The summed E-state index contributed by atoms with van der Waals surface area (Å²) in [5.74, 6) is 0. The lowest BCUT2D eigenvalue weighted by atomic mass is 9.95. The molecule has 0 fully saturated rings. The number of carbonyl (C=O) groups excluding carboxylic acids is 1. The highest BCUT2D eigenvalue weighted by Gasteiger charge is 2.27. The van der Waals surface area contributed by atoms with E-state index >= 15 is 0 Å². The van der Waals surface area contributed by atoms with Gasteiger partial charge in [-0.3, -0.25) is 0 Å². The number of ether oxygens (including phenoxy) is 1. The van der Waals surface area contributed by atoms with Gasteiger partial charge in [-0.2, -0.15) is 0 Å². The molecule has 1 aliphatic rings. The van der Waals surface area contributed by atoms with Gasteiger partial charge >= 0.3 is 6.09 Å². The normalized spacial score (nSPS) is 17.6. The van der Waals surface area contributed by atoms with Gasteiger partial charge < -0.3 is 15.4 Å². The van der Waals surface area contributed by atoms with E-state index in [9.17, 15) is 4.79 Å². The highest BCUT2D eigenvalue weighted by Crippen LogP contribution is 2.30. The number of nitrogens with zero attached hydrogens (tertiary/aromatic N) is 1. The molecule has 1 atom stereocenters. The largest absolute Gasteiger partial charge is 0.444 e. The van der Waals surface area contributed by atoms with Crippen LogP contribution in [-0.4, -0.2) is 23.1 Å². The summed E-state index contributed by atoms with van der Waals surface area (Å²) >= 11 is 0. The van der Waals surface area contributed by atoms with Crippen LogP contribution in [0.1, 0.15) is 44.4 Å². The maximum atomic E-state index is 12.5. The van der Waals surface area contributed by atoms with Crippen LogP contribution in [-0.2, 0) is 11.3 Å². The van der Waals surface area contributed by atoms with Gasteiger partial charge in [-0.05, 0) is 55.5 Å². The van der Waals surface area contributed by atoms with Gasteiger partial charge in [-0.15, -0.1) is 0 Å². The Bertz CT molecular complexity index is 750. The molecule has 0 bridgehead atoms. The van der Waals surface area contributed by atoms with Crippen LogP contribution in [0.5, 0.6) is 0 Å². The Morgan fingerprint density at radius 3 is 2.52 bits per heavy atom. The van der Waals surface area contributed by atoms with Crippen molar-refractivity contribution in [2.24, 2.45) is 5.73 Å². The monoisotopic (exact) mass is 338 g/mol. The third-order valence-corrected chi connectivity index (χ3v) is 4.37. The molecule has 2 N–H and O–H groups in total. The summed E-state index contributed by atoms with van der Waals surface area (Å²) in [5, 5.41) is 0. The third kappa shape index (κ3) is 4.20. The van der Waals surface area contributed by atoms with Crippen molar-refractivity contribution in [1.82, 2.24) is 4.90 Å². The van der Waals surface area contributed by atoms with Crippen molar-refractivity contribution in [3.05, 3.63) is 59.7 Å². The van der Waals surface area contributed by atoms with Crippen molar-refractivity contribution in [2.75, 3.05) is 6.54 Å². The second-order valence-corrected chi connectivity index (χ2v) is 7.58. The molecule has 2 aromatic carbocycles. The van der Waals surface area contributed by atoms with Crippen LogP contribution in [0.4, 0.5) is 4.79 Å². The maximum Gasteiger partial charge on any atom is 0.410 e. The minimum absolute atomic E-state index is 0.0627. The van der Waals surface area contributed by atoms with E-state index in [1.807, 2.05) is 39.0 Å². The Kier molecular flexibility index (Phi) is 4.82. The van der Waals surface area contributed by atoms with Crippen molar-refractivity contribution in [3.8, 4) is 11.1 Å². The van der Waals surface area contributed by atoms with E-state index in [4.69, 9.17) is 10.5 Å². The van der Waals surface area contributed by atoms with Gasteiger partial charge in [-0.1, -0.05) is 42.5 Å². The summed E-state index contributed by atoms with van der Waals surface area (Å²) in [4.78, 5) is 14.3. The molecule has 3 rings (SSSR count). The van der Waals surface area contributed by atoms with Crippen LogP contribution < -0.4 is 5.73 Å². The van der Waals surface area contributed by atoms with Crippen LogP contribution >= 0.6 is 0 Å². The van der Waals surface area contributed by atoms with Crippen LogP contribution in [0.25, 0.3) is 11.1 Å². The molecule has 4 heteroatoms. The van der Waals surface area contributed by atoms with E-state index < -0.39 is 5.60 Å². The van der Waals surface area contributed by atoms with Crippen molar-refractivity contribution >= 4 is 6.09 Å². The molecular weight excluding hydrogens is 312 g/mol. The Balaban J connectivity index is 1.90. The van der Waals surface area contributed by atoms with Crippen molar-refractivity contribution in [2.45, 2.75) is 45.4 Å². The number of carbonyl (C=O) groups is 1. The van der Waals surface area contributed by atoms with E-state index in [1.165, 1.54) is 0 Å². The Labute approximate surface area is 149 Å². The van der Waals surface area contributed by atoms with Gasteiger partial charge in [0.1, 0.15) is 5.60 Å². The summed E-state index contributed by atoms with van der Waals surface area (Å²) in [6, 6.07) is 16.5. The fourth-order valence-corrected chi connectivity index (χ4v) is 3.13. The zero-order chi connectivity index (χ0) is 18.0. The number of benzene rings is 2. The maximum absolute atomic E-state index is 12.5. The highest BCUT2D eigenvalue weighted by atomic mass is 16.6. The zero-order valence-corrected chi connectivity index (χ0v) is 15.2. The van der Waals surface area contributed by atoms with E-state index in [1.54, 1.807) is 4.90 Å². The van der Waals surface area contributed by atoms with Crippen LogP contribution in [0.2, 0.25) is 0 Å².